The van der Waals surface area contributed by atoms with Gasteiger partial charge in [-0.05, 0) is 20.3 Å². The van der Waals surface area contributed by atoms with Gasteiger partial charge < -0.3 is 15.2 Å². The Bertz CT molecular complexity index is 119. The Morgan fingerprint density at radius 1 is 1.42 bits per heavy atom. The monoisotopic (exact) mass is 175 g/mol. The second-order valence-electron chi connectivity index (χ2n) is 3.16. The Kier molecular flexibility index (Phi) is 5.46. The molecule has 0 aliphatic carbocycles. The zero-order chi connectivity index (χ0) is 9.61. The van der Waals surface area contributed by atoms with Gasteiger partial charge in [0.25, 0.3) is 0 Å². The highest BCUT2D eigenvalue weighted by Gasteiger charge is 2.30. The van der Waals surface area contributed by atoms with Gasteiger partial charge in [-0.15, -0.1) is 0 Å². The SMILES string of the molecule is CCOC(C)(CC)C(N)COC. The zero-order valence-corrected chi connectivity index (χ0v) is 8.59. The molecule has 0 aromatic carbocycles. The van der Waals surface area contributed by atoms with Crippen molar-refractivity contribution in [3.8, 4) is 0 Å². The maximum atomic E-state index is 5.91. The average Bonchev–Trinajstić information content (AvgIpc) is 2.05. The van der Waals surface area contributed by atoms with Gasteiger partial charge in [0.1, 0.15) is 0 Å². The fourth-order valence-corrected chi connectivity index (χ4v) is 1.16. The van der Waals surface area contributed by atoms with Crippen LogP contribution in [0.25, 0.3) is 0 Å². The number of ether oxygens (including phenoxy) is 2. The number of hydrogen-bond acceptors (Lipinski definition) is 3. The van der Waals surface area contributed by atoms with E-state index in [9.17, 15) is 0 Å². The van der Waals surface area contributed by atoms with Gasteiger partial charge in [0.05, 0.1) is 18.2 Å². The predicted molar refractivity (Wildman–Crippen MR) is 50.2 cm³/mol. The Morgan fingerprint density at radius 3 is 2.33 bits per heavy atom. The summed E-state index contributed by atoms with van der Waals surface area (Å²) in [5.41, 5.74) is 5.66. The molecule has 0 spiro atoms. The van der Waals surface area contributed by atoms with E-state index in [4.69, 9.17) is 15.2 Å². The molecule has 0 saturated carbocycles. The smallest absolute Gasteiger partial charge is 0.0824 e. The van der Waals surface area contributed by atoms with E-state index in [1.54, 1.807) is 7.11 Å². The van der Waals surface area contributed by atoms with Crippen LogP contribution in [0.3, 0.4) is 0 Å². The quantitative estimate of drug-likeness (QED) is 0.659. The van der Waals surface area contributed by atoms with Crippen molar-refractivity contribution in [2.75, 3.05) is 20.3 Å². The van der Waals surface area contributed by atoms with Gasteiger partial charge in [0.2, 0.25) is 0 Å². The van der Waals surface area contributed by atoms with E-state index in [0.29, 0.717) is 13.2 Å². The molecule has 0 radical (unpaired) electrons. The topological polar surface area (TPSA) is 44.5 Å². The van der Waals surface area contributed by atoms with E-state index in [1.165, 1.54) is 0 Å². The van der Waals surface area contributed by atoms with Gasteiger partial charge in [-0.1, -0.05) is 6.92 Å². The largest absolute Gasteiger partial charge is 0.383 e. The van der Waals surface area contributed by atoms with Gasteiger partial charge in [-0.25, -0.2) is 0 Å². The van der Waals surface area contributed by atoms with E-state index in [1.807, 2.05) is 13.8 Å². The first kappa shape index (κ1) is 11.9. The van der Waals surface area contributed by atoms with Crippen molar-refractivity contribution < 1.29 is 9.47 Å². The van der Waals surface area contributed by atoms with E-state index in [2.05, 4.69) is 6.92 Å². The lowest BCUT2D eigenvalue weighted by Crippen LogP contribution is -2.50. The summed E-state index contributed by atoms with van der Waals surface area (Å²) in [6.07, 6.45) is 0.908. The van der Waals surface area contributed by atoms with Crippen LogP contribution in [0.4, 0.5) is 0 Å². The molecule has 3 heteroatoms. The van der Waals surface area contributed by atoms with Crippen molar-refractivity contribution >= 4 is 0 Å². The Labute approximate surface area is 75.2 Å². The molecule has 12 heavy (non-hydrogen) atoms. The first-order valence-electron chi connectivity index (χ1n) is 4.49. The molecule has 0 saturated heterocycles. The summed E-state index contributed by atoms with van der Waals surface area (Å²) < 4.78 is 10.6. The molecule has 0 amide bonds. The second-order valence-corrected chi connectivity index (χ2v) is 3.16. The van der Waals surface area contributed by atoms with Crippen molar-refractivity contribution in [1.29, 1.82) is 0 Å². The summed E-state index contributed by atoms with van der Waals surface area (Å²) in [6, 6.07) is -0.0487. The molecule has 0 rings (SSSR count). The fraction of sp³-hybridized carbons (Fsp3) is 1.00. The highest BCUT2D eigenvalue weighted by Crippen LogP contribution is 2.18. The zero-order valence-electron chi connectivity index (χ0n) is 8.59. The lowest BCUT2D eigenvalue weighted by atomic mass is 9.94. The molecule has 0 aromatic rings. The van der Waals surface area contributed by atoms with Crippen LogP contribution in [0.1, 0.15) is 27.2 Å². The van der Waals surface area contributed by atoms with E-state index in [0.717, 1.165) is 6.42 Å². The van der Waals surface area contributed by atoms with Crippen molar-refractivity contribution in [2.45, 2.75) is 38.8 Å². The third kappa shape index (κ3) is 3.09. The third-order valence-electron chi connectivity index (χ3n) is 2.31. The molecular weight excluding hydrogens is 154 g/mol. The first-order chi connectivity index (χ1) is 5.60. The van der Waals surface area contributed by atoms with Crippen LogP contribution in [0, 0.1) is 0 Å². The maximum Gasteiger partial charge on any atom is 0.0824 e. The Hall–Kier alpha value is -0.120. The van der Waals surface area contributed by atoms with E-state index < -0.39 is 0 Å². The standard InChI is InChI=1S/C9H21NO2/c1-5-9(3,12-6-2)8(10)7-11-4/h8H,5-7,10H2,1-4H3. The van der Waals surface area contributed by atoms with Gasteiger partial charge in [0, 0.05) is 13.7 Å². The minimum absolute atomic E-state index is 0.0487. The van der Waals surface area contributed by atoms with Crippen LogP contribution < -0.4 is 5.73 Å². The van der Waals surface area contributed by atoms with E-state index >= 15 is 0 Å². The number of methoxy groups -OCH3 is 1. The van der Waals surface area contributed by atoms with Gasteiger partial charge in [-0.2, -0.15) is 0 Å². The molecule has 3 nitrogen and oxygen atoms in total. The number of hydrogen-bond donors (Lipinski definition) is 1. The molecule has 2 atom stereocenters. The molecule has 0 heterocycles. The van der Waals surface area contributed by atoms with Crippen LogP contribution in [0.15, 0.2) is 0 Å². The Morgan fingerprint density at radius 2 is 2.00 bits per heavy atom. The average molecular weight is 175 g/mol. The van der Waals surface area contributed by atoms with E-state index in [-0.39, 0.29) is 11.6 Å². The predicted octanol–water partition coefficient (Wildman–Crippen LogP) is 1.17. The van der Waals surface area contributed by atoms with Crippen molar-refractivity contribution in [2.24, 2.45) is 5.73 Å². The first-order valence-corrected chi connectivity index (χ1v) is 4.49. The number of rotatable bonds is 6. The summed E-state index contributed by atoms with van der Waals surface area (Å²) in [4.78, 5) is 0. The van der Waals surface area contributed by atoms with Crippen LogP contribution >= 0.6 is 0 Å². The van der Waals surface area contributed by atoms with Crippen LogP contribution in [0.2, 0.25) is 0 Å². The summed E-state index contributed by atoms with van der Waals surface area (Å²) in [6.45, 7) is 7.32. The lowest BCUT2D eigenvalue weighted by molar-refractivity contribution is -0.0607. The highest BCUT2D eigenvalue weighted by atomic mass is 16.5. The van der Waals surface area contributed by atoms with Crippen molar-refractivity contribution in [3.63, 3.8) is 0 Å². The van der Waals surface area contributed by atoms with Gasteiger partial charge in [0.15, 0.2) is 0 Å². The minimum atomic E-state index is -0.245. The second kappa shape index (κ2) is 5.51. The van der Waals surface area contributed by atoms with Crippen molar-refractivity contribution in [3.05, 3.63) is 0 Å². The normalized spacial score (nSPS) is 18.8. The molecule has 2 unspecified atom stereocenters. The van der Waals surface area contributed by atoms with Crippen molar-refractivity contribution in [1.82, 2.24) is 0 Å². The van der Waals surface area contributed by atoms with Crippen LogP contribution in [-0.4, -0.2) is 32.0 Å². The molecule has 2 N–H and O–H groups in total. The molecule has 0 bridgehead atoms. The maximum absolute atomic E-state index is 5.91. The molecular formula is C9H21NO2. The lowest BCUT2D eigenvalue weighted by Gasteiger charge is -2.33. The molecule has 0 aromatic heterocycles. The summed E-state index contributed by atoms with van der Waals surface area (Å²) in [7, 11) is 1.65. The summed E-state index contributed by atoms with van der Waals surface area (Å²) >= 11 is 0. The van der Waals surface area contributed by atoms with Crippen LogP contribution in [0.5, 0.6) is 0 Å². The fourth-order valence-electron chi connectivity index (χ4n) is 1.16. The van der Waals surface area contributed by atoms with Crippen LogP contribution in [-0.2, 0) is 9.47 Å². The highest BCUT2D eigenvalue weighted by molar-refractivity contribution is 4.85. The third-order valence-corrected chi connectivity index (χ3v) is 2.31. The van der Waals surface area contributed by atoms with Gasteiger partial charge >= 0.3 is 0 Å². The molecule has 0 fully saturated rings. The summed E-state index contributed by atoms with van der Waals surface area (Å²) in [5.74, 6) is 0. The summed E-state index contributed by atoms with van der Waals surface area (Å²) in [5, 5.41) is 0. The number of nitrogens with two attached hydrogens (primary N) is 1. The molecule has 74 valence electrons. The minimum Gasteiger partial charge on any atom is -0.383 e. The Balaban J connectivity index is 4.08. The molecule has 0 aliphatic rings. The van der Waals surface area contributed by atoms with Gasteiger partial charge in [-0.3, -0.25) is 0 Å². The molecule has 0 aliphatic heterocycles.